The molecular formula is C12H21N5. The molecule has 0 spiro atoms. The fourth-order valence-corrected chi connectivity index (χ4v) is 3.22. The Labute approximate surface area is 103 Å². The third-order valence-corrected chi connectivity index (χ3v) is 3.33. The maximum Gasteiger partial charge on any atom is 0.107 e. The monoisotopic (exact) mass is 235 g/mol. The standard InChI is InChI=1S/C12H21N5/c1-10-6-11(2,3)8-12(7-10,9-13)15-4-5-16-17-14/h10,15H,4-8H2,1-3H3. The van der Waals surface area contributed by atoms with Gasteiger partial charge in [0.25, 0.3) is 0 Å². The van der Waals surface area contributed by atoms with Crippen molar-refractivity contribution in [1.82, 2.24) is 5.32 Å². The van der Waals surface area contributed by atoms with Gasteiger partial charge in [-0.15, -0.1) is 0 Å². The highest BCUT2D eigenvalue weighted by atomic mass is 15.1. The van der Waals surface area contributed by atoms with Crippen molar-refractivity contribution in [2.75, 3.05) is 13.1 Å². The molecule has 5 heteroatoms. The number of nitrogens with zero attached hydrogens (tertiary/aromatic N) is 4. The van der Waals surface area contributed by atoms with Crippen LogP contribution in [0.1, 0.15) is 40.0 Å². The molecule has 2 unspecified atom stereocenters. The average Bonchev–Trinajstić information content (AvgIpc) is 2.22. The lowest BCUT2D eigenvalue weighted by atomic mass is 9.65. The van der Waals surface area contributed by atoms with Gasteiger partial charge in [-0.05, 0) is 36.1 Å². The van der Waals surface area contributed by atoms with Crippen molar-refractivity contribution < 1.29 is 0 Å². The highest BCUT2D eigenvalue weighted by molar-refractivity contribution is 5.12. The summed E-state index contributed by atoms with van der Waals surface area (Å²) in [5.74, 6) is 0.547. The lowest BCUT2D eigenvalue weighted by Crippen LogP contribution is -2.52. The molecule has 1 saturated carbocycles. The van der Waals surface area contributed by atoms with Crippen LogP contribution in [-0.2, 0) is 0 Å². The molecule has 0 bridgehead atoms. The Kier molecular flexibility index (Phi) is 4.39. The second-order valence-electron chi connectivity index (χ2n) is 5.93. The molecule has 94 valence electrons. The SMILES string of the molecule is CC1CC(C)(C)CC(C#N)(NCCN=[N+]=[N-])C1. The molecule has 1 N–H and O–H groups in total. The Bertz CT molecular complexity index is 350. The molecule has 0 radical (unpaired) electrons. The van der Waals surface area contributed by atoms with E-state index in [1.807, 2.05) is 0 Å². The molecule has 0 amide bonds. The minimum atomic E-state index is -0.452. The van der Waals surface area contributed by atoms with E-state index in [1.54, 1.807) is 0 Å². The Hall–Kier alpha value is -1.24. The fraction of sp³-hybridized carbons (Fsp3) is 0.917. The molecule has 1 aliphatic rings. The second kappa shape index (κ2) is 5.39. The molecule has 0 aromatic rings. The van der Waals surface area contributed by atoms with Gasteiger partial charge in [-0.1, -0.05) is 25.9 Å². The first-order valence-electron chi connectivity index (χ1n) is 6.10. The molecule has 2 atom stereocenters. The van der Waals surface area contributed by atoms with Gasteiger partial charge in [0.2, 0.25) is 0 Å². The van der Waals surface area contributed by atoms with Gasteiger partial charge in [-0.2, -0.15) is 5.26 Å². The zero-order valence-electron chi connectivity index (χ0n) is 10.9. The van der Waals surface area contributed by atoms with Crippen LogP contribution in [0.4, 0.5) is 0 Å². The highest BCUT2D eigenvalue weighted by Crippen LogP contribution is 2.43. The zero-order chi connectivity index (χ0) is 12.9. The first kappa shape index (κ1) is 13.8. The maximum absolute atomic E-state index is 9.43. The summed E-state index contributed by atoms with van der Waals surface area (Å²) in [4.78, 5) is 2.71. The lowest BCUT2D eigenvalue weighted by Gasteiger charge is -2.44. The maximum atomic E-state index is 9.43. The second-order valence-corrected chi connectivity index (χ2v) is 5.93. The Morgan fingerprint density at radius 1 is 1.53 bits per heavy atom. The minimum absolute atomic E-state index is 0.193. The molecule has 1 fully saturated rings. The third kappa shape index (κ3) is 3.92. The predicted octanol–water partition coefficient (Wildman–Crippen LogP) is 2.99. The van der Waals surface area contributed by atoms with Crippen molar-refractivity contribution in [3.8, 4) is 6.07 Å². The topological polar surface area (TPSA) is 84.6 Å². The summed E-state index contributed by atoms with van der Waals surface area (Å²) in [6, 6.07) is 2.43. The van der Waals surface area contributed by atoms with Crippen LogP contribution in [0.15, 0.2) is 5.11 Å². The van der Waals surface area contributed by atoms with Gasteiger partial charge in [-0.25, -0.2) is 0 Å². The van der Waals surface area contributed by atoms with E-state index < -0.39 is 5.54 Å². The molecule has 0 aromatic heterocycles. The number of hydrogen-bond donors (Lipinski definition) is 1. The first-order chi connectivity index (χ1) is 7.93. The average molecular weight is 235 g/mol. The van der Waals surface area contributed by atoms with E-state index in [4.69, 9.17) is 5.53 Å². The number of azide groups is 1. The van der Waals surface area contributed by atoms with Crippen LogP contribution in [0.25, 0.3) is 10.4 Å². The van der Waals surface area contributed by atoms with E-state index in [-0.39, 0.29) is 5.41 Å². The molecule has 17 heavy (non-hydrogen) atoms. The summed E-state index contributed by atoms with van der Waals surface area (Å²) < 4.78 is 0. The Balaban J connectivity index is 2.67. The summed E-state index contributed by atoms with van der Waals surface area (Å²) in [6.45, 7) is 7.59. The van der Waals surface area contributed by atoms with Crippen molar-refractivity contribution in [2.45, 2.75) is 45.6 Å². The lowest BCUT2D eigenvalue weighted by molar-refractivity contribution is 0.116. The molecule has 1 aliphatic carbocycles. The van der Waals surface area contributed by atoms with E-state index in [0.717, 1.165) is 19.3 Å². The normalized spacial score (nSPS) is 31.3. The van der Waals surface area contributed by atoms with Gasteiger partial charge in [0.1, 0.15) is 5.54 Å². The Morgan fingerprint density at radius 2 is 2.24 bits per heavy atom. The molecule has 0 aliphatic heterocycles. The fourth-order valence-electron chi connectivity index (χ4n) is 3.22. The van der Waals surface area contributed by atoms with Crippen LogP contribution >= 0.6 is 0 Å². The number of nitriles is 1. The van der Waals surface area contributed by atoms with Gasteiger partial charge in [0, 0.05) is 18.0 Å². The quantitative estimate of drug-likeness (QED) is 0.351. The summed E-state index contributed by atoms with van der Waals surface area (Å²) in [7, 11) is 0. The van der Waals surface area contributed by atoms with Crippen LogP contribution in [0.2, 0.25) is 0 Å². The molecule has 1 rings (SSSR count). The van der Waals surface area contributed by atoms with E-state index in [1.165, 1.54) is 0 Å². The van der Waals surface area contributed by atoms with Gasteiger partial charge in [0.15, 0.2) is 0 Å². The molecule has 0 saturated heterocycles. The largest absolute Gasteiger partial charge is 0.299 e. The highest BCUT2D eigenvalue weighted by Gasteiger charge is 2.42. The third-order valence-electron chi connectivity index (χ3n) is 3.33. The molecule has 5 nitrogen and oxygen atoms in total. The van der Waals surface area contributed by atoms with Crippen molar-refractivity contribution in [3.05, 3.63) is 10.4 Å². The smallest absolute Gasteiger partial charge is 0.107 e. The van der Waals surface area contributed by atoms with Crippen molar-refractivity contribution in [1.29, 1.82) is 5.26 Å². The van der Waals surface area contributed by atoms with Gasteiger partial charge < -0.3 is 0 Å². The van der Waals surface area contributed by atoms with E-state index in [2.05, 4.69) is 42.2 Å². The van der Waals surface area contributed by atoms with E-state index in [0.29, 0.717) is 19.0 Å². The number of hydrogen-bond acceptors (Lipinski definition) is 3. The van der Waals surface area contributed by atoms with Gasteiger partial charge in [0.05, 0.1) is 6.07 Å². The Morgan fingerprint density at radius 3 is 2.76 bits per heavy atom. The number of nitrogens with one attached hydrogen (secondary N) is 1. The van der Waals surface area contributed by atoms with Crippen LogP contribution in [-0.4, -0.2) is 18.6 Å². The first-order valence-corrected chi connectivity index (χ1v) is 6.10. The van der Waals surface area contributed by atoms with E-state index in [9.17, 15) is 5.26 Å². The molecular weight excluding hydrogens is 214 g/mol. The van der Waals surface area contributed by atoms with Crippen LogP contribution in [0, 0.1) is 22.7 Å². The minimum Gasteiger partial charge on any atom is -0.299 e. The van der Waals surface area contributed by atoms with E-state index >= 15 is 0 Å². The van der Waals surface area contributed by atoms with Gasteiger partial charge >= 0.3 is 0 Å². The zero-order valence-corrected chi connectivity index (χ0v) is 10.9. The molecule has 0 heterocycles. The van der Waals surface area contributed by atoms with Crippen molar-refractivity contribution in [3.63, 3.8) is 0 Å². The number of rotatable bonds is 4. The van der Waals surface area contributed by atoms with Crippen molar-refractivity contribution >= 4 is 0 Å². The summed E-state index contributed by atoms with van der Waals surface area (Å²) in [5.41, 5.74) is 7.96. The summed E-state index contributed by atoms with van der Waals surface area (Å²) >= 11 is 0. The molecule has 0 aromatic carbocycles. The van der Waals surface area contributed by atoms with Crippen LogP contribution in [0.5, 0.6) is 0 Å². The predicted molar refractivity (Wildman–Crippen MR) is 67.2 cm³/mol. The van der Waals surface area contributed by atoms with Crippen LogP contribution < -0.4 is 5.32 Å². The van der Waals surface area contributed by atoms with Crippen molar-refractivity contribution in [2.24, 2.45) is 16.4 Å². The van der Waals surface area contributed by atoms with Crippen LogP contribution in [0.3, 0.4) is 0 Å². The summed E-state index contributed by atoms with van der Waals surface area (Å²) in [6.07, 6.45) is 2.90. The van der Waals surface area contributed by atoms with Gasteiger partial charge in [-0.3, -0.25) is 5.32 Å². The summed E-state index contributed by atoms with van der Waals surface area (Å²) in [5, 5.41) is 16.2.